The van der Waals surface area contributed by atoms with Crippen LogP contribution in [0.3, 0.4) is 0 Å². The van der Waals surface area contributed by atoms with Gasteiger partial charge in [-0.15, -0.1) is 0 Å². The number of hydrogen-bond acceptors (Lipinski definition) is 7. The number of rotatable bonds is 44. The molecular weight excluding hydrogens is 808 g/mol. The molecular formula is C49H93BrN2O7. The van der Waals surface area contributed by atoms with E-state index in [9.17, 15) is 24.6 Å². The molecule has 0 fully saturated rings. The van der Waals surface area contributed by atoms with E-state index in [1.807, 2.05) is 7.05 Å². The third-order valence-electron chi connectivity index (χ3n) is 11.3. The molecule has 0 saturated carbocycles. The Labute approximate surface area is 373 Å². The van der Waals surface area contributed by atoms with Gasteiger partial charge in [-0.05, 0) is 64.2 Å². The molecule has 0 aromatic carbocycles. The van der Waals surface area contributed by atoms with Gasteiger partial charge in [-0.2, -0.15) is 0 Å². The van der Waals surface area contributed by atoms with Gasteiger partial charge >= 0.3 is 11.9 Å². The molecule has 0 bridgehead atoms. The second-order valence-electron chi connectivity index (χ2n) is 16.8. The highest BCUT2D eigenvalue weighted by Crippen LogP contribution is 2.13. The minimum atomic E-state index is -0.238. The molecule has 0 saturated heterocycles. The summed E-state index contributed by atoms with van der Waals surface area (Å²) in [4.78, 5) is 39.9. The molecule has 0 spiro atoms. The molecule has 0 heterocycles. The summed E-state index contributed by atoms with van der Waals surface area (Å²) < 4.78 is 11.5. The summed E-state index contributed by atoms with van der Waals surface area (Å²) in [6.07, 6.45) is 42.3. The van der Waals surface area contributed by atoms with Crippen molar-refractivity contribution in [2.24, 2.45) is 0 Å². The predicted molar refractivity (Wildman–Crippen MR) is 242 cm³/mol. The Morgan fingerprint density at radius 1 is 0.475 bits per heavy atom. The molecule has 0 aliphatic heterocycles. The maximum Gasteiger partial charge on any atom is 0.305 e. The molecule has 348 valence electrons. The number of hydrogen-bond donors (Lipinski definition) is 2. The Bertz CT molecular complexity index is 945. The Morgan fingerprint density at radius 3 is 1.17 bits per heavy atom. The van der Waals surface area contributed by atoms with Gasteiger partial charge in [0, 0.05) is 25.7 Å². The molecule has 1 amide bonds. The van der Waals surface area contributed by atoms with Crippen molar-refractivity contribution >= 4 is 17.8 Å². The number of nitrogens with zero attached hydrogens (tertiary/aromatic N) is 2. The monoisotopic (exact) mass is 901 g/mol. The van der Waals surface area contributed by atoms with Crippen LogP contribution in [0, 0.1) is 0 Å². The quantitative estimate of drug-likeness (QED) is 0.0275. The highest BCUT2D eigenvalue weighted by molar-refractivity contribution is 5.76. The number of unbranched alkanes of at least 4 members (excludes halogenated alkanes) is 22. The molecule has 0 radical (unpaired) electrons. The summed E-state index contributed by atoms with van der Waals surface area (Å²) in [6.45, 7) is 6.94. The minimum absolute atomic E-state index is 0. The third kappa shape index (κ3) is 41.4. The van der Waals surface area contributed by atoms with Crippen molar-refractivity contribution in [3.63, 3.8) is 0 Å². The Balaban J connectivity index is 0. The van der Waals surface area contributed by atoms with Gasteiger partial charge in [0.2, 0.25) is 5.91 Å². The number of ether oxygens (including phenoxy) is 2. The molecule has 0 unspecified atom stereocenters. The molecule has 0 rings (SSSR count). The number of aliphatic hydroxyl groups is 2. The number of amides is 1. The number of likely N-dealkylation sites (N-methyl/N-ethyl adjacent to an activating group) is 1. The van der Waals surface area contributed by atoms with E-state index in [1.165, 1.54) is 116 Å². The van der Waals surface area contributed by atoms with E-state index in [4.69, 9.17) is 9.47 Å². The topological polar surface area (TPSA) is 113 Å². The van der Waals surface area contributed by atoms with E-state index in [0.717, 1.165) is 51.4 Å². The SMILES string of the molecule is CCCCCCCC/C=C\CCCCCCCC(=O)OCCN(CCOC(=O)CCCCCCC/C=C\CCCCCCCC)C(=O)CCC[N+](C)(CCO)CCO.[Br-]. The van der Waals surface area contributed by atoms with Crippen LogP contribution in [0.5, 0.6) is 0 Å². The van der Waals surface area contributed by atoms with E-state index >= 15 is 0 Å². The zero-order valence-electron chi connectivity index (χ0n) is 38.6. The lowest BCUT2D eigenvalue weighted by Gasteiger charge is -2.33. The molecule has 59 heavy (non-hydrogen) atoms. The number of esters is 2. The highest BCUT2D eigenvalue weighted by Gasteiger charge is 2.22. The van der Waals surface area contributed by atoms with Crippen molar-refractivity contribution in [3.05, 3.63) is 24.3 Å². The van der Waals surface area contributed by atoms with Gasteiger partial charge in [-0.1, -0.05) is 141 Å². The molecule has 10 heteroatoms. The average molecular weight is 902 g/mol. The van der Waals surface area contributed by atoms with Crippen molar-refractivity contribution in [3.8, 4) is 0 Å². The number of aliphatic hydroxyl groups excluding tert-OH is 2. The first-order valence-corrected chi connectivity index (χ1v) is 24.3. The molecule has 0 aromatic rings. The lowest BCUT2D eigenvalue weighted by atomic mass is 10.1. The fourth-order valence-electron chi connectivity index (χ4n) is 7.31. The maximum atomic E-state index is 13.3. The van der Waals surface area contributed by atoms with Gasteiger partial charge in [0.15, 0.2) is 0 Å². The molecule has 2 N–H and O–H groups in total. The smallest absolute Gasteiger partial charge is 0.305 e. The van der Waals surface area contributed by atoms with Gasteiger partial charge in [-0.25, -0.2) is 0 Å². The maximum absolute atomic E-state index is 13.3. The standard InChI is InChI=1S/C49H93N2O7.BrH/c1-4-6-8-10-12-14-16-18-20-22-24-26-28-30-32-36-48(55)57-45-38-50(47(54)35-34-40-51(3,41-43-52)42-44-53)39-46-58-49(56)37-33-31-29-27-25-23-21-19-17-15-13-11-9-7-5-2;/h18-21,52-53H,4-17,22-46H2,1-3H3;1H/q+1;/p-1/b20-18-,21-19-;. The molecule has 0 aliphatic rings. The summed E-state index contributed by atoms with van der Waals surface area (Å²) in [5.74, 6) is -0.559. The van der Waals surface area contributed by atoms with Crippen LogP contribution in [0.25, 0.3) is 0 Å². The Kier molecular flexibility index (Phi) is 46.0. The first-order valence-electron chi connectivity index (χ1n) is 24.3. The van der Waals surface area contributed by atoms with Crippen molar-refractivity contribution < 1.29 is 55.5 Å². The number of allylic oxidation sites excluding steroid dienone is 4. The van der Waals surface area contributed by atoms with Crippen molar-refractivity contribution in [2.45, 2.75) is 206 Å². The largest absolute Gasteiger partial charge is 1.00 e. The van der Waals surface area contributed by atoms with E-state index in [2.05, 4.69) is 38.2 Å². The van der Waals surface area contributed by atoms with Crippen LogP contribution in [0.4, 0.5) is 0 Å². The fourth-order valence-corrected chi connectivity index (χ4v) is 7.31. The first kappa shape index (κ1) is 59.3. The van der Waals surface area contributed by atoms with Crippen LogP contribution in [0.2, 0.25) is 0 Å². The lowest BCUT2D eigenvalue weighted by Crippen LogP contribution is -3.00. The van der Waals surface area contributed by atoms with Gasteiger partial charge in [-0.3, -0.25) is 14.4 Å². The zero-order chi connectivity index (χ0) is 42.6. The van der Waals surface area contributed by atoms with Crippen LogP contribution in [0.1, 0.15) is 206 Å². The van der Waals surface area contributed by atoms with Crippen molar-refractivity contribution in [1.29, 1.82) is 0 Å². The molecule has 0 aromatic heterocycles. The van der Waals surface area contributed by atoms with Gasteiger partial charge in [0.1, 0.15) is 26.3 Å². The number of halogens is 1. The predicted octanol–water partition coefficient (Wildman–Crippen LogP) is 8.19. The summed E-state index contributed by atoms with van der Waals surface area (Å²) in [5.41, 5.74) is 0. The zero-order valence-corrected chi connectivity index (χ0v) is 40.2. The van der Waals surface area contributed by atoms with E-state index in [1.54, 1.807) is 4.90 Å². The van der Waals surface area contributed by atoms with Gasteiger partial charge < -0.3 is 46.1 Å². The second kappa shape index (κ2) is 45.8. The first-order chi connectivity index (χ1) is 28.3. The van der Waals surface area contributed by atoms with Gasteiger partial charge in [0.25, 0.3) is 0 Å². The summed E-state index contributed by atoms with van der Waals surface area (Å²) in [6, 6.07) is 0. The fraction of sp³-hybridized carbons (Fsp3) is 0.857. The van der Waals surface area contributed by atoms with Crippen LogP contribution < -0.4 is 17.0 Å². The lowest BCUT2D eigenvalue weighted by molar-refractivity contribution is -0.910. The summed E-state index contributed by atoms with van der Waals surface area (Å²) in [5, 5.41) is 19.0. The van der Waals surface area contributed by atoms with E-state index in [-0.39, 0.29) is 80.8 Å². The van der Waals surface area contributed by atoms with Crippen LogP contribution in [-0.2, 0) is 23.9 Å². The van der Waals surface area contributed by atoms with Crippen LogP contribution in [-0.4, -0.2) is 104 Å². The number of carbonyl (C=O) groups excluding carboxylic acids is 3. The van der Waals surface area contributed by atoms with Crippen LogP contribution >= 0.6 is 0 Å². The minimum Gasteiger partial charge on any atom is -1.00 e. The molecule has 0 aliphatic carbocycles. The van der Waals surface area contributed by atoms with Crippen molar-refractivity contribution in [1.82, 2.24) is 4.90 Å². The normalized spacial score (nSPS) is 11.7. The van der Waals surface area contributed by atoms with Crippen LogP contribution in [0.15, 0.2) is 24.3 Å². The summed E-state index contributed by atoms with van der Waals surface area (Å²) >= 11 is 0. The summed E-state index contributed by atoms with van der Waals surface area (Å²) in [7, 11) is 1.97. The van der Waals surface area contributed by atoms with Gasteiger partial charge in [0.05, 0.1) is 39.9 Å². The number of carbonyl (C=O) groups is 3. The Hall–Kier alpha value is -1.75. The highest BCUT2D eigenvalue weighted by atomic mass is 79.9. The average Bonchev–Trinajstić information content (AvgIpc) is 3.20. The molecule has 0 atom stereocenters. The third-order valence-corrected chi connectivity index (χ3v) is 11.3. The Morgan fingerprint density at radius 2 is 0.814 bits per heavy atom. The number of quaternary nitrogens is 1. The van der Waals surface area contributed by atoms with E-state index in [0.29, 0.717) is 43.4 Å². The van der Waals surface area contributed by atoms with E-state index < -0.39 is 0 Å². The second-order valence-corrected chi connectivity index (χ2v) is 16.8. The molecule has 9 nitrogen and oxygen atoms in total. The van der Waals surface area contributed by atoms with Crippen molar-refractivity contribution in [2.75, 3.05) is 66.2 Å².